The highest BCUT2D eigenvalue weighted by Crippen LogP contribution is 2.04. The van der Waals surface area contributed by atoms with Gasteiger partial charge in [0.15, 0.2) is 0 Å². The van der Waals surface area contributed by atoms with Gasteiger partial charge in [-0.15, -0.1) is 0 Å². The van der Waals surface area contributed by atoms with Crippen molar-refractivity contribution >= 4 is 16.0 Å². The Morgan fingerprint density at radius 2 is 1.86 bits per heavy atom. The second kappa shape index (κ2) is 8.87. The lowest BCUT2D eigenvalue weighted by atomic mass is 10.0. The highest BCUT2D eigenvalue weighted by Gasteiger charge is 2.19. The predicted molar refractivity (Wildman–Crippen MR) is 86.2 cm³/mol. The van der Waals surface area contributed by atoms with Gasteiger partial charge in [-0.05, 0) is 38.8 Å². The fourth-order valence-corrected chi connectivity index (χ4v) is 2.53. The van der Waals surface area contributed by atoms with Crippen molar-refractivity contribution in [3.63, 3.8) is 0 Å². The minimum absolute atomic E-state index is 0.0328. The van der Waals surface area contributed by atoms with E-state index in [2.05, 4.69) is 10.6 Å². The van der Waals surface area contributed by atoms with Crippen LogP contribution >= 0.6 is 0 Å². The fourth-order valence-electron chi connectivity index (χ4n) is 2.02. The van der Waals surface area contributed by atoms with Crippen LogP contribution in [0.5, 0.6) is 0 Å². The first kappa shape index (κ1) is 18.6. The summed E-state index contributed by atoms with van der Waals surface area (Å²) in [5, 5.41) is 5.91. The molecule has 0 unspecified atom stereocenters. The lowest BCUT2D eigenvalue weighted by Gasteiger charge is -2.20. The van der Waals surface area contributed by atoms with Gasteiger partial charge in [-0.1, -0.05) is 30.3 Å². The molecular weight excluding hydrogens is 304 g/mol. The number of hydrogen-bond acceptors (Lipinski definition) is 4. The number of benzene rings is 1. The van der Waals surface area contributed by atoms with Crippen molar-refractivity contribution < 1.29 is 17.8 Å². The molecule has 0 heterocycles. The molecule has 1 aromatic rings. The van der Waals surface area contributed by atoms with Crippen LogP contribution in [-0.4, -0.2) is 43.3 Å². The third-order valence-electron chi connectivity index (χ3n) is 3.00. The molecule has 0 saturated heterocycles. The molecule has 0 spiro atoms. The van der Waals surface area contributed by atoms with Crippen LogP contribution in [0.4, 0.5) is 0 Å². The molecule has 0 aliphatic rings. The Hall–Kier alpha value is -1.44. The lowest BCUT2D eigenvalue weighted by Crippen LogP contribution is -2.48. The van der Waals surface area contributed by atoms with Gasteiger partial charge in [0.05, 0.1) is 11.8 Å². The molecule has 0 aliphatic heterocycles. The topological polar surface area (TPSA) is 95.5 Å². The third-order valence-corrected chi connectivity index (χ3v) is 3.80. The molecular formula is C15H24N2O4S. The molecule has 7 heteroatoms. The number of carbonyl (C=O) groups excluding carboxylic acids is 1. The quantitative estimate of drug-likeness (QED) is 0.464. The monoisotopic (exact) mass is 328 g/mol. The molecule has 22 heavy (non-hydrogen) atoms. The number of carbonyl (C=O) groups is 1. The van der Waals surface area contributed by atoms with Gasteiger partial charge in [-0.2, -0.15) is 8.42 Å². The SMILES string of the molecule is CC(C)NC(=O)[C@H](Cc1ccccc1)NCCCS(=O)(=O)O. The number of hydrogen-bond donors (Lipinski definition) is 3. The molecule has 3 N–H and O–H groups in total. The molecule has 0 aliphatic carbocycles. The number of nitrogens with one attached hydrogen (secondary N) is 2. The fraction of sp³-hybridized carbons (Fsp3) is 0.533. The molecule has 6 nitrogen and oxygen atoms in total. The van der Waals surface area contributed by atoms with Crippen LogP contribution in [0.3, 0.4) is 0 Å². The molecule has 1 rings (SSSR count). The first-order valence-corrected chi connectivity index (χ1v) is 8.91. The summed E-state index contributed by atoms with van der Waals surface area (Å²) in [5.74, 6) is -0.435. The highest BCUT2D eigenvalue weighted by molar-refractivity contribution is 7.85. The molecule has 1 aromatic carbocycles. The van der Waals surface area contributed by atoms with Crippen LogP contribution in [0.15, 0.2) is 30.3 Å². The van der Waals surface area contributed by atoms with E-state index in [1.165, 1.54) is 0 Å². The van der Waals surface area contributed by atoms with Crippen molar-refractivity contribution in [3.8, 4) is 0 Å². The van der Waals surface area contributed by atoms with E-state index in [1.807, 2.05) is 44.2 Å². The smallest absolute Gasteiger partial charge is 0.264 e. The Bertz CT molecular complexity index is 558. The van der Waals surface area contributed by atoms with Gasteiger partial charge in [0.25, 0.3) is 10.1 Å². The largest absolute Gasteiger partial charge is 0.353 e. The first-order chi connectivity index (χ1) is 10.3. The van der Waals surface area contributed by atoms with Crippen LogP contribution in [-0.2, 0) is 21.3 Å². The summed E-state index contributed by atoms with van der Waals surface area (Å²) < 4.78 is 30.1. The zero-order valence-electron chi connectivity index (χ0n) is 13.0. The van der Waals surface area contributed by atoms with E-state index in [9.17, 15) is 13.2 Å². The maximum atomic E-state index is 12.2. The molecule has 0 radical (unpaired) electrons. The van der Waals surface area contributed by atoms with E-state index in [1.54, 1.807) is 0 Å². The van der Waals surface area contributed by atoms with Crippen molar-refractivity contribution in [2.24, 2.45) is 0 Å². The second-order valence-corrected chi connectivity index (χ2v) is 7.07. The Morgan fingerprint density at radius 3 is 2.41 bits per heavy atom. The minimum atomic E-state index is -3.96. The standard InChI is InChI=1S/C15H24N2O4S/c1-12(2)17-15(18)14(11-13-7-4-3-5-8-13)16-9-6-10-22(19,20)21/h3-5,7-8,12,14,16H,6,9-11H2,1-2H3,(H,17,18)(H,19,20,21)/t14-/m0/s1. The van der Waals surface area contributed by atoms with Crippen molar-refractivity contribution in [1.82, 2.24) is 10.6 Å². The summed E-state index contributed by atoms with van der Waals surface area (Å²) in [6, 6.07) is 9.20. The zero-order chi connectivity index (χ0) is 16.6. The van der Waals surface area contributed by atoms with Gasteiger partial charge in [-0.25, -0.2) is 0 Å². The molecule has 0 aromatic heterocycles. The summed E-state index contributed by atoms with van der Waals surface area (Å²) in [6.07, 6.45) is 0.768. The lowest BCUT2D eigenvalue weighted by molar-refractivity contribution is -0.123. The van der Waals surface area contributed by atoms with Gasteiger partial charge in [0.1, 0.15) is 0 Å². The Kier molecular flexibility index (Phi) is 7.50. The summed E-state index contributed by atoms with van der Waals surface area (Å²) in [6.45, 7) is 4.11. The van der Waals surface area contributed by atoms with Gasteiger partial charge >= 0.3 is 0 Å². The van der Waals surface area contributed by atoms with Crippen molar-refractivity contribution in [2.45, 2.75) is 38.8 Å². The summed E-state index contributed by atoms with van der Waals surface area (Å²) in [5.41, 5.74) is 1.02. The van der Waals surface area contributed by atoms with Crippen LogP contribution in [0.25, 0.3) is 0 Å². The van der Waals surface area contributed by atoms with Gasteiger partial charge < -0.3 is 10.6 Å². The van der Waals surface area contributed by atoms with E-state index in [0.29, 0.717) is 13.0 Å². The van der Waals surface area contributed by atoms with E-state index < -0.39 is 16.2 Å². The third kappa shape index (κ3) is 8.11. The van der Waals surface area contributed by atoms with Crippen molar-refractivity contribution in [3.05, 3.63) is 35.9 Å². The molecule has 0 bridgehead atoms. The zero-order valence-corrected chi connectivity index (χ0v) is 13.8. The van der Waals surface area contributed by atoms with Crippen LogP contribution < -0.4 is 10.6 Å². The Labute approximate surface area is 132 Å². The molecule has 0 saturated carbocycles. The van der Waals surface area contributed by atoms with Gasteiger partial charge in [-0.3, -0.25) is 9.35 Å². The maximum absolute atomic E-state index is 12.2. The van der Waals surface area contributed by atoms with Crippen LogP contribution in [0, 0.1) is 0 Å². The highest BCUT2D eigenvalue weighted by atomic mass is 32.2. The average molecular weight is 328 g/mol. The normalized spacial score (nSPS) is 13.1. The summed E-state index contributed by atoms with van der Waals surface area (Å²) in [7, 11) is -3.96. The summed E-state index contributed by atoms with van der Waals surface area (Å²) in [4.78, 5) is 12.2. The Morgan fingerprint density at radius 1 is 1.23 bits per heavy atom. The second-order valence-electron chi connectivity index (χ2n) is 5.50. The number of rotatable bonds is 9. The van der Waals surface area contributed by atoms with Gasteiger partial charge in [0, 0.05) is 6.04 Å². The molecule has 1 amide bonds. The van der Waals surface area contributed by atoms with E-state index in [4.69, 9.17) is 4.55 Å². The number of amides is 1. The molecule has 0 fully saturated rings. The van der Waals surface area contributed by atoms with Crippen molar-refractivity contribution in [1.29, 1.82) is 0 Å². The van der Waals surface area contributed by atoms with Crippen LogP contribution in [0.1, 0.15) is 25.8 Å². The van der Waals surface area contributed by atoms with E-state index >= 15 is 0 Å². The summed E-state index contributed by atoms with van der Waals surface area (Å²) >= 11 is 0. The van der Waals surface area contributed by atoms with Gasteiger partial charge in [0.2, 0.25) is 5.91 Å². The first-order valence-electron chi connectivity index (χ1n) is 7.31. The maximum Gasteiger partial charge on any atom is 0.264 e. The minimum Gasteiger partial charge on any atom is -0.353 e. The Balaban J connectivity index is 2.60. The van der Waals surface area contributed by atoms with Crippen LogP contribution in [0.2, 0.25) is 0 Å². The molecule has 1 atom stereocenters. The molecule has 124 valence electrons. The van der Waals surface area contributed by atoms with E-state index in [0.717, 1.165) is 5.56 Å². The predicted octanol–water partition coefficient (Wildman–Crippen LogP) is 0.990. The van der Waals surface area contributed by atoms with Crippen molar-refractivity contribution in [2.75, 3.05) is 12.3 Å². The average Bonchev–Trinajstić information content (AvgIpc) is 2.41. The van der Waals surface area contributed by atoms with E-state index in [-0.39, 0.29) is 24.1 Å².